The second-order valence-electron chi connectivity index (χ2n) is 5.24. The molecule has 2 rings (SSSR count). The van der Waals surface area contributed by atoms with E-state index in [1.165, 1.54) is 0 Å². The molecule has 0 spiro atoms. The molecule has 1 amide bonds. The summed E-state index contributed by atoms with van der Waals surface area (Å²) in [4.78, 5) is 12.3. The molecule has 1 N–H and O–H groups in total. The van der Waals surface area contributed by atoms with Crippen molar-refractivity contribution in [2.24, 2.45) is 0 Å². The number of hydrogen-bond acceptors (Lipinski definition) is 3. The quantitative estimate of drug-likeness (QED) is 0.766. The standard InChI is InChI=1S/C16H19BrClN3O2/c1-4-10(2)21-15(7-8-19-21)20-16(22)11(3)23-14-6-5-12(17)9-13(14)18/h5-11H,4H2,1-3H3,(H,20,22)/t10-,11-/m0/s1. The molecule has 7 heteroatoms. The van der Waals surface area contributed by atoms with Crippen molar-refractivity contribution in [2.75, 3.05) is 5.32 Å². The molecule has 23 heavy (non-hydrogen) atoms. The van der Waals surface area contributed by atoms with E-state index >= 15 is 0 Å². The maximum absolute atomic E-state index is 12.3. The molecule has 0 aliphatic rings. The van der Waals surface area contributed by atoms with Gasteiger partial charge in [-0.05, 0) is 38.5 Å². The summed E-state index contributed by atoms with van der Waals surface area (Å²) in [5.41, 5.74) is 0. The third-order valence-corrected chi connectivity index (χ3v) is 4.29. The first-order valence-corrected chi connectivity index (χ1v) is 8.55. The lowest BCUT2D eigenvalue weighted by molar-refractivity contribution is -0.122. The summed E-state index contributed by atoms with van der Waals surface area (Å²) in [6.45, 7) is 5.79. The molecular formula is C16H19BrClN3O2. The SMILES string of the molecule is CC[C@H](C)n1nccc1NC(=O)[C@H](C)Oc1ccc(Br)cc1Cl. The Morgan fingerprint density at radius 3 is 2.83 bits per heavy atom. The van der Waals surface area contributed by atoms with E-state index in [-0.39, 0.29) is 11.9 Å². The van der Waals surface area contributed by atoms with Crippen molar-refractivity contribution in [3.63, 3.8) is 0 Å². The van der Waals surface area contributed by atoms with Gasteiger partial charge in [-0.1, -0.05) is 34.5 Å². The van der Waals surface area contributed by atoms with Crippen LogP contribution in [0.3, 0.4) is 0 Å². The Labute approximate surface area is 149 Å². The van der Waals surface area contributed by atoms with E-state index in [4.69, 9.17) is 16.3 Å². The number of amides is 1. The van der Waals surface area contributed by atoms with Gasteiger partial charge in [-0.25, -0.2) is 4.68 Å². The Hall–Kier alpha value is -1.53. The number of halogens is 2. The fourth-order valence-electron chi connectivity index (χ4n) is 1.98. The molecule has 0 saturated heterocycles. The van der Waals surface area contributed by atoms with Crippen LogP contribution in [0.2, 0.25) is 5.02 Å². The monoisotopic (exact) mass is 399 g/mol. The van der Waals surface area contributed by atoms with Gasteiger partial charge < -0.3 is 10.1 Å². The van der Waals surface area contributed by atoms with Gasteiger partial charge in [0.1, 0.15) is 11.6 Å². The van der Waals surface area contributed by atoms with E-state index in [1.54, 1.807) is 36.0 Å². The summed E-state index contributed by atoms with van der Waals surface area (Å²) in [6, 6.07) is 7.23. The molecule has 2 aromatic rings. The molecule has 0 aliphatic carbocycles. The van der Waals surface area contributed by atoms with Gasteiger partial charge in [-0.2, -0.15) is 5.10 Å². The van der Waals surface area contributed by atoms with Gasteiger partial charge in [-0.3, -0.25) is 4.79 Å². The van der Waals surface area contributed by atoms with Gasteiger partial charge in [0.15, 0.2) is 6.10 Å². The number of carbonyl (C=O) groups is 1. The normalized spacial score (nSPS) is 13.4. The first kappa shape index (κ1) is 17.8. The molecule has 0 saturated carbocycles. The predicted molar refractivity (Wildman–Crippen MR) is 95.1 cm³/mol. The van der Waals surface area contributed by atoms with Crippen LogP contribution in [0, 0.1) is 0 Å². The van der Waals surface area contributed by atoms with Crippen LogP contribution in [0.1, 0.15) is 33.2 Å². The molecule has 1 heterocycles. The molecule has 0 fully saturated rings. The average Bonchev–Trinajstić information content (AvgIpc) is 2.97. The van der Waals surface area contributed by atoms with Crippen LogP contribution < -0.4 is 10.1 Å². The Bertz CT molecular complexity index is 690. The van der Waals surface area contributed by atoms with Crippen molar-refractivity contribution in [1.29, 1.82) is 0 Å². The number of hydrogen-bond donors (Lipinski definition) is 1. The van der Waals surface area contributed by atoms with E-state index < -0.39 is 6.10 Å². The highest BCUT2D eigenvalue weighted by Gasteiger charge is 2.19. The Morgan fingerprint density at radius 2 is 2.17 bits per heavy atom. The zero-order valence-electron chi connectivity index (χ0n) is 13.2. The van der Waals surface area contributed by atoms with Crippen LogP contribution in [0.25, 0.3) is 0 Å². The molecular weight excluding hydrogens is 382 g/mol. The van der Waals surface area contributed by atoms with Crippen molar-refractivity contribution in [1.82, 2.24) is 9.78 Å². The van der Waals surface area contributed by atoms with E-state index in [9.17, 15) is 4.79 Å². The largest absolute Gasteiger partial charge is 0.479 e. The molecule has 2 atom stereocenters. The van der Waals surface area contributed by atoms with Crippen molar-refractivity contribution < 1.29 is 9.53 Å². The van der Waals surface area contributed by atoms with Crippen LogP contribution in [0.15, 0.2) is 34.9 Å². The van der Waals surface area contributed by atoms with Crippen molar-refractivity contribution >= 4 is 39.3 Å². The lowest BCUT2D eigenvalue weighted by atomic mass is 10.3. The number of carbonyl (C=O) groups excluding carboxylic acids is 1. The number of ether oxygens (including phenoxy) is 1. The van der Waals surface area contributed by atoms with E-state index in [2.05, 4.69) is 33.3 Å². The lowest BCUT2D eigenvalue weighted by Gasteiger charge is -2.18. The molecule has 0 radical (unpaired) electrons. The molecule has 124 valence electrons. The van der Waals surface area contributed by atoms with Crippen LogP contribution in [0.5, 0.6) is 5.75 Å². The number of nitrogens with one attached hydrogen (secondary N) is 1. The molecule has 1 aromatic carbocycles. The number of aromatic nitrogens is 2. The first-order valence-electron chi connectivity index (χ1n) is 7.38. The second-order valence-corrected chi connectivity index (χ2v) is 6.57. The fourth-order valence-corrected chi connectivity index (χ4v) is 2.70. The maximum atomic E-state index is 12.3. The topological polar surface area (TPSA) is 56.2 Å². The van der Waals surface area contributed by atoms with Crippen molar-refractivity contribution in [3.8, 4) is 5.75 Å². The molecule has 0 bridgehead atoms. The summed E-state index contributed by atoms with van der Waals surface area (Å²) in [6.07, 6.45) is 1.90. The molecule has 0 aliphatic heterocycles. The molecule has 0 unspecified atom stereocenters. The van der Waals surface area contributed by atoms with Gasteiger partial charge >= 0.3 is 0 Å². The van der Waals surface area contributed by atoms with Crippen molar-refractivity contribution in [3.05, 3.63) is 40.0 Å². The minimum Gasteiger partial charge on any atom is -0.479 e. The Kier molecular flexibility index (Phi) is 6.07. The smallest absolute Gasteiger partial charge is 0.266 e. The number of benzene rings is 1. The lowest BCUT2D eigenvalue weighted by Crippen LogP contribution is -2.31. The predicted octanol–water partition coefficient (Wildman–Crippen LogP) is 4.68. The summed E-state index contributed by atoms with van der Waals surface area (Å²) >= 11 is 9.44. The number of anilines is 1. The fraction of sp³-hybridized carbons (Fsp3) is 0.375. The third kappa shape index (κ3) is 4.48. The van der Waals surface area contributed by atoms with Gasteiger partial charge in [0.25, 0.3) is 5.91 Å². The zero-order valence-corrected chi connectivity index (χ0v) is 15.6. The average molecular weight is 401 g/mol. The minimum absolute atomic E-state index is 0.206. The Morgan fingerprint density at radius 1 is 1.43 bits per heavy atom. The maximum Gasteiger partial charge on any atom is 0.266 e. The van der Waals surface area contributed by atoms with Crippen molar-refractivity contribution in [2.45, 2.75) is 39.3 Å². The van der Waals surface area contributed by atoms with Gasteiger partial charge in [-0.15, -0.1) is 0 Å². The van der Waals surface area contributed by atoms with Gasteiger partial charge in [0.2, 0.25) is 0 Å². The zero-order chi connectivity index (χ0) is 17.0. The summed E-state index contributed by atoms with van der Waals surface area (Å²) < 4.78 is 8.28. The molecule has 5 nitrogen and oxygen atoms in total. The summed E-state index contributed by atoms with van der Waals surface area (Å²) in [7, 11) is 0. The highest BCUT2D eigenvalue weighted by Crippen LogP contribution is 2.28. The highest BCUT2D eigenvalue weighted by molar-refractivity contribution is 9.10. The minimum atomic E-state index is -0.686. The van der Waals surface area contributed by atoms with E-state index in [0.717, 1.165) is 10.9 Å². The summed E-state index contributed by atoms with van der Waals surface area (Å²) in [5.74, 6) is 0.865. The molecule has 1 aromatic heterocycles. The van der Waals surface area contributed by atoms with E-state index in [0.29, 0.717) is 16.6 Å². The first-order chi connectivity index (χ1) is 10.9. The van der Waals surface area contributed by atoms with Gasteiger partial charge in [0, 0.05) is 10.5 Å². The van der Waals surface area contributed by atoms with Gasteiger partial charge in [0.05, 0.1) is 17.3 Å². The Balaban J connectivity index is 2.04. The van der Waals surface area contributed by atoms with Crippen LogP contribution >= 0.6 is 27.5 Å². The summed E-state index contributed by atoms with van der Waals surface area (Å²) in [5, 5.41) is 7.53. The number of nitrogens with zero attached hydrogens (tertiary/aromatic N) is 2. The van der Waals surface area contributed by atoms with E-state index in [1.807, 2.05) is 13.0 Å². The number of rotatable bonds is 6. The highest BCUT2D eigenvalue weighted by atomic mass is 79.9. The van der Waals surface area contributed by atoms with Crippen LogP contribution in [-0.4, -0.2) is 21.8 Å². The third-order valence-electron chi connectivity index (χ3n) is 3.50. The van der Waals surface area contributed by atoms with Crippen LogP contribution in [-0.2, 0) is 4.79 Å². The van der Waals surface area contributed by atoms with Crippen LogP contribution in [0.4, 0.5) is 5.82 Å². The second kappa shape index (κ2) is 7.84.